The monoisotopic (exact) mass is 333 g/mol. The predicted octanol–water partition coefficient (Wildman–Crippen LogP) is 2.67. The smallest absolute Gasteiger partial charge is 0.228 e. The molecule has 0 aliphatic heterocycles. The molecule has 1 amide bonds. The average Bonchev–Trinajstić information content (AvgIpc) is 2.55. The Morgan fingerprint density at radius 1 is 1.13 bits per heavy atom. The number of rotatable bonds is 6. The summed E-state index contributed by atoms with van der Waals surface area (Å²) in [5, 5.41) is 2.75. The molecule has 23 heavy (non-hydrogen) atoms. The Labute approximate surface area is 136 Å². The van der Waals surface area contributed by atoms with Gasteiger partial charge in [0.2, 0.25) is 5.91 Å². The van der Waals surface area contributed by atoms with Crippen LogP contribution in [0.5, 0.6) is 5.75 Å². The zero-order valence-corrected chi connectivity index (χ0v) is 13.9. The second kappa shape index (κ2) is 7.28. The Hall–Kier alpha value is -2.34. The summed E-state index contributed by atoms with van der Waals surface area (Å²) < 4.78 is 28.6. The van der Waals surface area contributed by atoms with Crippen molar-refractivity contribution in [3.05, 3.63) is 54.1 Å². The molecule has 0 aliphatic carbocycles. The molecule has 2 rings (SSSR count). The maximum absolute atomic E-state index is 12.0. The van der Waals surface area contributed by atoms with E-state index >= 15 is 0 Å². The van der Waals surface area contributed by atoms with Crippen LogP contribution in [0.3, 0.4) is 0 Å². The van der Waals surface area contributed by atoms with E-state index in [1.165, 1.54) is 12.1 Å². The van der Waals surface area contributed by atoms with Gasteiger partial charge in [-0.15, -0.1) is 0 Å². The second-order valence-corrected chi connectivity index (χ2v) is 7.28. The maximum atomic E-state index is 12.0. The molecule has 0 aromatic heterocycles. The fourth-order valence-electron chi connectivity index (χ4n) is 2.09. The van der Waals surface area contributed by atoms with Gasteiger partial charge in [-0.3, -0.25) is 4.79 Å². The van der Waals surface area contributed by atoms with Gasteiger partial charge >= 0.3 is 0 Å². The van der Waals surface area contributed by atoms with Crippen LogP contribution in [0.15, 0.2) is 53.4 Å². The van der Waals surface area contributed by atoms with Gasteiger partial charge < -0.3 is 10.1 Å². The molecule has 5 nitrogen and oxygen atoms in total. The molecule has 122 valence electrons. The third kappa shape index (κ3) is 4.56. The number of ether oxygens (including phenoxy) is 1. The Morgan fingerprint density at radius 3 is 2.43 bits per heavy atom. The molecule has 0 aliphatic rings. The molecule has 1 N–H and O–H groups in total. The molecule has 0 fully saturated rings. The highest BCUT2D eigenvalue weighted by Gasteiger charge is 2.11. The molecule has 0 saturated carbocycles. The van der Waals surface area contributed by atoms with Gasteiger partial charge in [0.05, 0.1) is 24.2 Å². The molecule has 0 radical (unpaired) electrons. The summed E-state index contributed by atoms with van der Waals surface area (Å²) in [6.07, 6.45) is 0.214. The van der Waals surface area contributed by atoms with Crippen molar-refractivity contribution in [3.63, 3.8) is 0 Å². The number of anilines is 1. The van der Waals surface area contributed by atoms with E-state index in [0.29, 0.717) is 11.4 Å². The summed E-state index contributed by atoms with van der Waals surface area (Å²) in [6, 6.07) is 13.5. The van der Waals surface area contributed by atoms with Crippen LogP contribution in [0.4, 0.5) is 5.69 Å². The van der Waals surface area contributed by atoms with Crippen LogP contribution in [0.1, 0.15) is 12.5 Å². The minimum atomic E-state index is -3.23. The number of nitrogens with one attached hydrogen (secondary N) is 1. The summed E-state index contributed by atoms with van der Waals surface area (Å²) in [6.45, 7) is 1.60. The molecule has 0 saturated heterocycles. The van der Waals surface area contributed by atoms with Crippen LogP contribution < -0.4 is 10.1 Å². The van der Waals surface area contributed by atoms with Gasteiger partial charge in [0.25, 0.3) is 0 Å². The summed E-state index contributed by atoms with van der Waals surface area (Å²) in [5.74, 6) is 0.572. The van der Waals surface area contributed by atoms with E-state index in [4.69, 9.17) is 4.74 Å². The Bertz CT molecular complexity index is 782. The lowest BCUT2D eigenvalue weighted by atomic mass is 10.1. The fourth-order valence-corrected chi connectivity index (χ4v) is 2.97. The second-order valence-electron chi connectivity index (χ2n) is 5.00. The summed E-state index contributed by atoms with van der Waals surface area (Å²) in [7, 11) is -1.65. The number of sulfone groups is 1. The summed E-state index contributed by atoms with van der Waals surface area (Å²) >= 11 is 0. The number of carbonyl (C=O) groups is 1. The maximum Gasteiger partial charge on any atom is 0.228 e. The Morgan fingerprint density at radius 2 is 1.83 bits per heavy atom. The summed E-state index contributed by atoms with van der Waals surface area (Å²) in [5.41, 5.74) is 1.40. The highest BCUT2D eigenvalue weighted by molar-refractivity contribution is 7.91. The molecule has 2 aromatic carbocycles. The number of amides is 1. The van der Waals surface area contributed by atoms with Crippen LogP contribution in [0.2, 0.25) is 0 Å². The normalized spacial score (nSPS) is 11.0. The first kappa shape index (κ1) is 17.0. The lowest BCUT2D eigenvalue weighted by molar-refractivity contribution is -0.115. The molecule has 0 atom stereocenters. The molecule has 0 spiro atoms. The highest BCUT2D eigenvalue weighted by Crippen LogP contribution is 2.17. The minimum absolute atomic E-state index is 0.0501. The van der Waals surface area contributed by atoms with Crippen molar-refractivity contribution in [2.24, 2.45) is 0 Å². The molecule has 2 aromatic rings. The fraction of sp³-hybridized carbons (Fsp3) is 0.235. The lowest BCUT2D eigenvalue weighted by Crippen LogP contribution is -2.14. The van der Waals surface area contributed by atoms with Gasteiger partial charge in [-0.2, -0.15) is 0 Å². The van der Waals surface area contributed by atoms with Gasteiger partial charge in [-0.05, 0) is 42.0 Å². The van der Waals surface area contributed by atoms with E-state index in [0.717, 1.165) is 5.56 Å². The molecular formula is C17H19NO4S. The van der Waals surface area contributed by atoms with Crippen molar-refractivity contribution >= 4 is 21.4 Å². The van der Waals surface area contributed by atoms with Gasteiger partial charge in [0, 0.05) is 5.69 Å². The van der Waals surface area contributed by atoms with E-state index in [1.54, 1.807) is 32.2 Å². The first-order chi connectivity index (χ1) is 10.9. The minimum Gasteiger partial charge on any atom is -0.497 e. The third-order valence-corrected chi connectivity index (χ3v) is 5.13. The van der Waals surface area contributed by atoms with Crippen LogP contribution in [0, 0.1) is 0 Å². The molecular weight excluding hydrogens is 314 g/mol. The Kier molecular flexibility index (Phi) is 5.39. The predicted molar refractivity (Wildman–Crippen MR) is 89.5 cm³/mol. The van der Waals surface area contributed by atoms with Crippen LogP contribution >= 0.6 is 0 Å². The SMILES string of the molecule is CCS(=O)(=O)c1ccc(NC(=O)Cc2cccc(OC)c2)cc1. The molecule has 0 heterocycles. The average molecular weight is 333 g/mol. The number of methoxy groups -OCH3 is 1. The van der Waals surface area contributed by atoms with Crippen molar-refractivity contribution in [3.8, 4) is 5.75 Å². The van der Waals surface area contributed by atoms with Crippen molar-refractivity contribution in [2.75, 3.05) is 18.2 Å². The standard InChI is InChI=1S/C17H19NO4S/c1-3-23(20,21)16-9-7-14(8-10-16)18-17(19)12-13-5-4-6-15(11-13)22-2/h4-11H,3,12H2,1-2H3,(H,18,19). The summed E-state index contributed by atoms with van der Waals surface area (Å²) in [4.78, 5) is 12.3. The van der Waals surface area contributed by atoms with E-state index in [-0.39, 0.29) is 23.0 Å². The van der Waals surface area contributed by atoms with E-state index in [1.807, 2.05) is 18.2 Å². The Balaban J connectivity index is 2.03. The molecule has 6 heteroatoms. The highest BCUT2D eigenvalue weighted by atomic mass is 32.2. The van der Waals surface area contributed by atoms with Gasteiger partial charge in [-0.25, -0.2) is 8.42 Å². The van der Waals surface area contributed by atoms with E-state index < -0.39 is 9.84 Å². The number of hydrogen-bond donors (Lipinski definition) is 1. The quantitative estimate of drug-likeness (QED) is 0.882. The third-order valence-electron chi connectivity index (χ3n) is 3.38. The number of hydrogen-bond acceptors (Lipinski definition) is 4. The van der Waals surface area contributed by atoms with Crippen molar-refractivity contribution < 1.29 is 17.9 Å². The largest absolute Gasteiger partial charge is 0.497 e. The van der Waals surface area contributed by atoms with Gasteiger partial charge in [-0.1, -0.05) is 19.1 Å². The van der Waals surface area contributed by atoms with E-state index in [9.17, 15) is 13.2 Å². The molecule has 0 bridgehead atoms. The van der Waals surface area contributed by atoms with Crippen LogP contribution in [-0.2, 0) is 21.1 Å². The number of benzene rings is 2. The van der Waals surface area contributed by atoms with Crippen molar-refractivity contribution in [2.45, 2.75) is 18.2 Å². The first-order valence-corrected chi connectivity index (χ1v) is 8.85. The topological polar surface area (TPSA) is 72.5 Å². The van der Waals surface area contributed by atoms with E-state index in [2.05, 4.69) is 5.32 Å². The molecule has 0 unspecified atom stereocenters. The lowest BCUT2D eigenvalue weighted by Gasteiger charge is -2.08. The first-order valence-electron chi connectivity index (χ1n) is 7.20. The zero-order valence-electron chi connectivity index (χ0n) is 13.1. The van der Waals surface area contributed by atoms with Crippen LogP contribution in [0.25, 0.3) is 0 Å². The zero-order chi connectivity index (χ0) is 16.9. The van der Waals surface area contributed by atoms with Gasteiger partial charge in [0.1, 0.15) is 5.75 Å². The number of carbonyl (C=O) groups excluding carboxylic acids is 1. The van der Waals surface area contributed by atoms with Crippen molar-refractivity contribution in [1.29, 1.82) is 0 Å². The van der Waals surface area contributed by atoms with Crippen molar-refractivity contribution in [1.82, 2.24) is 0 Å². The van der Waals surface area contributed by atoms with Crippen LogP contribution in [-0.4, -0.2) is 27.2 Å². The van der Waals surface area contributed by atoms with Gasteiger partial charge in [0.15, 0.2) is 9.84 Å².